The highest BCUT2D eigenvalue weighted by Gasteiger charge is 2.24. The van der Waals surface area contributed by atoms with Gasteiger partial charge in [-0.15, -0.1) is 0 Å². The van der Waals surface area contributed by atoms with Crippen LogP contribution in [0.25, 0.3) is 0 Å². The van der Waals surface area contributed by atoms with Crippen molar-refractivity contribution in [3.8, 4) is 11.5 Å². The van der Waals surface area contributed by atoms with Gasteiger partial charge in [-0.1, -0.05) is 18.2 Å². The normalized spacial score (nSPS) is 19.5. The van der Waals surface area contributed by atoms with Crippen molar-refractivity contribution in [2.45, 2.75) is 64.1 Å². The molecule has 1 amide bonds. The zero-order valence-electron chi connectivity index (χ0n) is 16.9. The summed E-state index contributed by atoms with van der Waals surface area (Å²) in [6, 6.07) is 18.4. The fourth-order valence-electron chi connectivity index (χ4n) is 3.34. The van der Waals surface area contributed by atoms with E-state index in [0.29, 0.717) is 6.04 Å². The Morgan fingerprint density at radius 3 is 2.04 bits per heavy atom. The number of benzene rings is 2. The first-order valence-electron chi connectivity index (χ1n) is 9.96. The molecule has 28 heavy (non-hydrogen) atoms. The van der Waals surface area contributed by atoms with Gasteiger partial charge in [0.05, 0.1) is 0 Å². The molecule has 2 aromatic carbocycles. The van der Waals surface area contributed by atoms with E-state index in [-0.39, 0.29) is 12.1 Å². The Morgan fingerprint density at radius 2 is 1.43 bits per heavy atom. The van der Waals surface area contributed by atoms with Crippen LogP contribution in [-0.2, 0) is 4.74 Å². The molecule has 0 aliphatic heterocycles. The Labute approximate surface area is 167 Å². The van der Waals surface area contributed by atoms with Gasteiger partial charge in [0.25, 0.3) is 0 Å². The predicted octanol–water partition coefficient (Wildman–Crippen LogP) is 5.73. The van der Waals surface area contributed by atoms with Gasteiger partial charge in [-0.05, 0) is 82.9 Å². The van der Waals surface area contributed by atoms with E-state index in [0.717, 1.165) is 42.9 Å². The highest BCUT2D eigenvalue weighted by molar-refractivity contribution is 5.68. The Hall–Kier alpha value is -2.69. The molecule has 150 valence electrons. The van der Waals surface area contributed by atoms with Gasteiger partial charge in [0, 0.05) is 17.8 Å². The van der Waals surface area contributed by atoms with Crippen LogP contribution in [-0.4, -0.2) is 23.8 Å². The van der Waals surface area contributed by atoms with Gasteiger partial charge in [0.2, 0.25) is 0 Å². The molecule has 1 aliphatic carbocycles. The predicted molar refractivity (Wildman–Crippen MR) is 112 cm³/mol. The summed E-state index contributed by atoms with van der Waals surface area (Å²) in [5.41, 5.74) is 0.628. The molecule has 0 atom stereocenters. The molecule has 3 rings (SSSR count). The van der Waals surface area contributed by atoms with Crippen LogP contribution in [0.4, 0.5) is 10.5 Å². The molecular formula is C23H30N2O3. The van der Waals surface area contributed by atoms with Gasteiger partial charge in [-0.25, -0.2) is 4.79 Å². The number of rotatable bonds is 5. The number of carbonyl (C=O) groups excluding carboxylic acids is 1. The van der Waals surface area contributed by atoms with E-state index < -0.39 is 5.60 Å². The Bertz CT molecular complexity index is 746. The molecule has 5 heteroatoms. The van der Waals surface area contributed by atoms with Gasteiger partial charge in [-0.3, -0.25) is 0 Å². The topological polar surface area (TPSA) is 59.6 Å². The molecule has 0 saturated heterocycles. The standard InChI is InChI=1S/C23H30N2O3/c1-23(2,3)28-22(26)25-19-11-9-17(10-12-19)24-18-13-15-21(16-14-18)27-20-7-5-4-6-8-20/h4-8,13-17,19,24H,9-12H2,1-3H3,(H,25,26). The maximum absolute atomic E-state index is 11.9. The summed E-state index contributed by atoms with van der Waals surface area (Å²) < 4.78 is 11.2. The van der Waals surface area contributed by atoms with Crippen LogP contribution in [0, 0.1) is 0 Å². The molecule has 1 aliphatic rings. The summed E-state index contributed by atoms with van der Waals surface area (Å²) >= 11 is 0. The number of para-hydroxylation sites is 1. The first-order valence-corrected chi connectivity index (χ1v) is 9.96. The summed E-state index contributed by atoms with van der Waals surface area (Å²) in [5, 5.41) is 6.57. The third-order valence-corrected chi connectivity index (χ3v) is 4.65. The second-order valence-electron chi connectivity index (χ2n) is 8.28. The van der Waals surface area contributed by atoms with Crippen molar-refractivity contribution < 1.29 is 14.3 Å². The average molecular weight is 383 g/mol. The number of anilines is 1. The molecule has 0 aromatic heterocycles. The highest BCUT2D eigenvalue weighted by Crippen LogP contribution is 2.26. The quantitative estimate of drug-likeness (QED) is 0.694. The number of hydrogen-bond acceptors (Lipinski definition) is 4. The van der Waals surface area contributed by atoms with E-state index in [9.17, 15) is 4.79 Å². The summed E-state index contributed by atoms with van der Waals surface area (Å²) in [4.78, 5) is 11.9. The van der Waals surface area contributed by atoms with Crippen molar-refractivity contribution in [2.24, 2.45) is 0 Å². The zero-order valence-corrected chi connectivity index (χ0v) is 16.9. The lowest BCUT2D eigenvalue weighted by Crippen LogP contribution is -2.42. The van der Waals surface area contributed by atoms with E-state index in [1.54, 1.807) is 0 Å². The second kappa shape index (κ2) is 9.00. The van der Waals surface area contributed by atoms with Crippen LogP contribution in [0.1, 0.15) is 46.5 Å². The number of carbonyl (C=O) groups is 1. The molecular weight excluding hydrogens is 352 g/mol. The van der Waals surface area contributed by atoms with E-state index in [1.165, 1.54) is 0 Å². The number of amides is 1. The summed E-state index contributed by atoms with van der Waals surface area (Å²) in [7, 11) is 0. The smallest absolute Gasteiger partial charge is 0.407 e. The molecule has 1 saturated carbocycles. The monoisotopic (exact) mass is 382 g/mol. The summed E-state index contributed by atoms with van der Waals surface area (Å²) in [6.45, 7) is 5.64. The minimum atomic E-state index is -0.459. The molecule has 2 N–H and O–H groups in total. The summed E-state index contributed by atoms with van der Waals surface area (Å²) in [6.07, 6.45) is 3.61. The van der Waals surface area contributed by atoms with Crippen molar-refractivity contribution in [2.75, 3.05) is 5.32 Å². The fraction of sp³-hybridized carbons (Fsp3) is 0.435. The van der Waals surface area contributed by atoms with E-state index in [2.05, 4.69) is 10.6 Å². The SMILES string of the molecule is CC(C)(C)OC(=O)NC1CCC(Nc2ccc(Oc3ccccc3)cc2)CC1. The summed E-state index contributed by atoms with van der Waals surface area (Å²) in [5.74, 6) is 1.65. The van der Waals surface area contributed by atoms with Crippen LogP contribution in [0.15, 0.2) is 54.6 Å². The van der Waals surface area contributed by atoms with Crippen molar-refractivity contribution in [1.82, 2.24) is 5.32 Å². The molecule has 1 fully saturated rings. The van der Waals surface area contributed by atoms with Crippen molar-refractivity contribution >= 4 is 11.8 Å². The Kier molecular flexibility index (Phi) is 6.45. The minimum Gasteiger partial charge on any atom is -0.457 e. The van der Waals surface area contributed by atoms with Crippen molar-refractivity contribution in [3.63, 3.8) is 0 Å². The third-order valence-electron chi connectivity index (χ3n) is 4.65. The van der Waals surface area contributed by atoms with Gasteiger partial charge < -0.3 is 20.1 Å². The number of alkyl carbamates (subject to hydrolysis) is 1. The fourth-order valence-corrected chi connectivity index (χ4v) is 3.34. The largest absolute Gasteiger partial charge is 0.457 e. The molecule has 5 nitrogen and oxygen atoms in total. The maximum atomic E-state index is 11.9. The number of ether oxygens (including phenoxy) is 2. The lowest BCUT2D eigenvalue weighted by molar-refractivity contribution is 0.0492. The van der Waals surface area contributed by atoms with Crippen LogP contribution < -0.4 is 15.4 Å². The Balaban J connectivity index is 1.43. The van der Waals surface area contributed by atoms with E-state index in [1.807, 2.05) is 75.4 Å². The Morgan fingerprint density at radius 1 is 0.857 bits per heavy atom. The van der Waals surface area contributed by atoms with E-state index in [4.69, 9.17) is 9.47 Å². The van der Waals surface area contributed by atoms with Crippen LogP contribution >= 0.6 is 0 Å². The molecule has 0 spiro atoms. The number of hydrogen-bond donors (Lipinski definition) is 2. The van der Waals surface area contributed by atoms with Crippen molar-refractivity contribution in [1.29, 1.82) is 0 Å². The second-order valence-corrected chi connectivity index (χ2v) is 8.28. The molecule has 0 radical (unpaired) electrons. The molecule has 0 heterocycles. The van der Waals surface area contributed by atoms with Gasteiger partial charge in [0.1, 0.15) is 17.1 Å². The van der Waals surface area contributed by atoms with E-state index >= 15 is 0 Å². The van der Waals surface area contributed by atoms with Crippen LogP contribution in [0.2, 0.25) is 0 Å². The molecule has 0 unspecified atom stereocenters. The third kappa shape index (κ3) is 6.48. The highest BCUT2D eigenvalue weighted by atomic mass is 16.6. The minimum absolute atomic E-state index is 0.189. The van der Waals surface area contributed by atoms with Crippen LogP contribution in [0.3, 0.4) is 0 Å². The van der Waals surface area contributed by atoms with Gasteiger partial charge >= 0.3 is 6.09 Å². The number of nitrogens with one attached hydrogen (secondary N) is 2. The van der Waals surface area contributed by atoms with Crippen molar-refractivity contribution in [3.05, 3.63) is 54.6 Å². The van der Waals surface area contributed by atoms with Crippen LogP contribution in [0.5, 0.6) is 11.5 Å². The molecule has 2 aromatic rings. The van der Waals surface area contributed by atoms with Gasteiger partial charge in [-0.2, -0.15) is 0 Å². The van der Waals surface area contributed by atoms with Gasteiger partial charge in [0.15, 0.2) is 0 Å². The average Bonchev–Trinajstić information content (AvgIpc) is 2.64. The molecule has 0 bridgehead atoms. The lowest BCUT2D eigenvalue weighted by atomic mass is 9.91. The lowest BCUT2D eigenvalue weighted by Gasteiger charge is -2.31. The first kappa shape index (κ1) is 20.1. The first-order chi connectivity index (χ1) is 13.4. The maximum Gasteiger partial charge on any atom is 0.407 e. The zero-order chi connectivity index (χ0) is 20.0.